The molecule has 4 rings (SSSR count). The zero-order chi connectivity index (χ0) is 24.1. The van der Waals surface area contributed by atoms with Crippen LogP contribution in [-0.4, -0.2) is 17.7 Å². The van der Waals surface area contributed by atoms with Crippen LogP contribution < -0.4 is 15.4 Å². The van der Waals surface area contributed by atoms with Crippen LogP contribution in [0.1, 0.15) is 53.2 Å². The van der Waals surface area contributed by atoms with Crippen molar-refractivity contribution in [2.24, 2.45) is 0 Å². The smallest absolute Gasteiger partial charge is 0.255 e. The van der Waals surface area contributed by atoms with Gasteiger partial charge in [-0.15, -0.1) is 0 Å². The summed E-state index contributed by atoms with van der Waals surface area (Å²) < 4.78 is 5.87. The third-order valence-corrected chi connectivity index (χ3v) is 6.35. The summed E-state index contributed by atoms with van der Waals surface area (Å²) in [6, 6.07) is 22.4. The van der Waals surface area contributed by atoms with Gasteiger partial charge in [0, 0.05) is 17.7 Å². The molecule has 3 aromatic rings. The predicted molar refractivity (Wildman–Crippen MR) is 131 cm³/mol. The fraction of sp³-hybridized carbons (Fsp3) is 0.250. The minimum atomic E-state index is -0.723. The predicted octanol–water partition coefficient (Wildman–Crippen LogP) is 4.91. The molecule has 1 aliphatic rings. The van der Waals surface area contributed by atoms with E-state index in [9.17, 15) is 14.4 Å². The molecule has 1 fully saturated rings. The van der Waals surface area contributed by atoms with Gasteiger partial charge < -0.3 is 10.1 Å². The quantitative estimate of drug-likeness (QED) is 0.495. The molecule has 3 aromatic carbocycles. The molecule has 1 heterocycles. The molecule has 0 spiro atoms. The van der Waals surface area contributed by atoms with Crippen LogP contribution >= 0.6 is 0 Å². The molecular formula is C28H28N2O4. The van der Waals surface area contributed by atoms with Crippen LogP contribution in [0.5, 0.6) is 5.75 Å². The topological polar surface area (TPSA) is 84.5 Å². The van der Waals surface area contributed by atoms with Gasteiger partial charge in [0.25, 0.3) is 5.91 Å². The lowest BCUT2D eigenvalue weighted by atomic mass is 9.72. The van der Waals surface area contributed by atoms with Crippen molar-refractivity contribution in [3.63, 3.8) is 0 Å². The molecule has 0 bridgehead atoms. The first kappa shape index (κ1) is 23.2. The number of rotatable bonds is 7. The number of anilines is 1. The lowest BCUT2D eigenvalue weighted by Gasteiger charge is -2.35. The summed E-state index contributed by atoms with van der Waals surface area (Å²) in [7, 11) is 0. The minimum Gasteiger partial charge on any atom is -0.489 e. The van der Waals surface area contributed by atoms with Crippen LogP contribution in [0.2, 0.25) is 0 Å². The van der Waals surface area contributed by atoms with Gasteiger partial charge in [-0.1, -0.05) is 55.0 Å². The Morgan fingerprint density at radius 2 is 1.79 bits per heavy atom. The number of ether oxygens (including phenoxy) is 1. The maximum absolute atomic E-state index is 12.8. The summed E-state index contributed by atoms with van der Waals surface area (Å²) in [6.45, 7) is 4.40. The zero-order valence-corrected chi connectivity index (χ0v) is 19.4. The number of amides is 3. The summed E-state index contributed by atoms with van der Waals surface area (Å²) in [5.41, 5.74) is 3.46. The van der Waals surface area contributed by atoms with E-state index >= 15 is 0 Å². The van der Waals surface area contributed by atoms with E-state index in [1.807, 2.05) is 50.2 Å². The fourth-order valence-corrected chi connectivity index (χ4v) is 4.34. The zero-order valence-electron chi connectivity index (χ0n) is 19.4. The number of aryl methyl sites for hydroxylation is 1. The van der Waals surface area contributed by atoms with Crippen LogP contribution in [0, 0.1) is 6.92 Å². The van der Waals surface area contributed by atoms with E-state index < -0.39 is 5.41 Å². The van der Waals surface area contributed by atoms with Crippen molar-refractivity contribution in [1.82, 2.24) is 5.32 Å². The van der Waals surface area contributed by atoms with Crippen molar-refractivity contribution >= 4 is 23.4 Å². The fourth-order valence-electron chi connectivity index (χ4n) is 4.34. The molecule has 1 atom stereocenters. The summed E-state index contributed by atoms with van der Waals surface area (Å²) in [5, 5.41) is 5.35. The highest BCUT2D eigenvalue weighted by molar-refractivity contribution is 6.05. The molecule has 1 saturated heterocycles. The van der Waals surface area contributed by atoms with E-state index in [0.29, 0.717) is 42.9 Å². The van der Waals surface area contributed by atoms with E-state index in [4.69, 9.17) is 4.74 Å². The maximum atomic E-state index is 12.8. The third-order valence-electron chi connectivity index (χ3n) is 6.35. The Morgan fingerprint density at radius 3 is 2.50 bits per heavy atom. The first-order chi connectivity index (χ1) is 16.4. The van der Waals surface area contributed by atoms with E-state index in [0.717, 1.165) is 11.1 Å². The minimum absolute atomic E-state index is 0.233. The second kappa shape index (κ2) is 9.91. The molecule has 0 unspecified atom stereocenters. The number of imide groups is 1. The van der Waals surface area contributed by atoms with Crippen molar-refractivity contribution in [3.05, 3.63) is 95.1 Å². The van der Waals surface area contributed by atoms with Crippen LogP contribution in [0.4, 0.5) is 5.69 Å². The third kappa shape index (κ3) is 5.01. The first-order valence-corrected chi connectivity index (χ1v) is 11.4. The first-order valence-electron chi connectivity index (χ1n) is 11.4. The molecule has 3 amide bonds. The van der Waals surface area contributed by atoms with Crippen molar-refractivity contribution in [2.45, 2.75) is 45.1 Å². The summed E-state index contributed by atoms with van der Waals surface area (Å²) in [5.74, 6) is -0.124. The lowest BCUT2D eigenvalue weighted by molar-refractivity contribution is -0.138. The molecule has 0 aromatic heterocycles. The average molecular weight is 457 g/mol. The Labute approximate surface area is 199 Å². The molecular weight excluding hydrogens is 428 g/mol. The van der Waals surface area contributed by atoms with E-state index in [2.05, 4.69) is 16.7 Å². The lowest BCUT2D eigenvalue weighted by Crippen LogP contribution is -2.51. The number of hydrogen-bond donors (Lipinski definition) is 2. The standard InChI is InChI=1S/C28H28N2O4/c1-3-28(15-14-25(31)30-27(28)33)22-10-12-23(13-11-22)29-26(32)21-8-5-9-24(17-21)34-18-20-7-4-6-19(2)16-20/h4-13,16-17H,3,14-15,18H2,1-2H3,(H,29,32)(H,30,31,33)/t28-/m0/s1. The van der Waals surface area contributed by atoms with Crippen molar-refractivity contribution in [2.75, 3.05) is 5.32 Å². The van der Waals surface area contributed by atoms with Gasteiger partial charge in [0.1, 0.15) is 12.4 Å². The van der Waals surface area contributed by atoms with Crippen LogP contribution in [0.25, 0.3) is 0 Å². The number of hydrogen-bond acceptors (Lipinski definition) is 4. The number of benzene rings is 3. The Morgan fingerprint density at radius 1 is 1.03 bits per heavy atom. The number of piperidine rings is 1. The SMILES string of the molecule is CC[C@@]1(c2ccc(NC(=O)c3cccc(OCc4cccc(C)c4)c3)cc2)CCC(=O)NC1=O. The summed E-state index contributed by atoms with van der Waals surface area (Å²) in [4.78, 5) is 37.0. The molecule has 174 valence electrons. The molecule has 2 N–H and O–H groups in total. The normalized spacial score (nSPS) is 17.7. The molecule has 1 aliphatic heterocycles. The molecule has 34 heavy (non-hydrogen) atoms. The number of carbonyl (C=O) groups is 3. The van der Waals surface area contributed by atoms with Crippen molar-refractivity contribution < 1.29 is 19.1 Å². The second-order valence-corrected chi connectivity index (χ2v) is 8.65. The van der Waals surface area contributed by atoms with Gasteiger partial charge in [-0.05, 0) is 61.2 Å². The summed E-state index contributed by atoms with van der Waals surface area (Å²) in [6.07, 6.45) is 1.39. The molecule has 6 nitrogen and oxygen atoms in total. The Kier molecular flexibility index (Phi) is 6.77. The largest absolute Gasteiger partial charge is 0.489 e. The van der Waals surface area contributed by atoms with E-state index in [-0.39, 0.29) is 17.7 Å². The molecule has 0 radical (unpaired) electrons. The summed E-state index contributed by atoms with van der Waals surface area (Å²) >= 11 is 0. The van der Waals surface area contributed by atoms with Crippen LogP contribution in [0.3, 0.4) is 0 Å². The van der Waals surface area contributed by atoms with Gasteiger partial charge in [-0.3, -0.25) is 19.7 Å². The van der Waals surface area contributed by atoms with E-state index in [1.165, 1.54) is 5.56 Å². The van der Waals surface area contributed by atoms with Crippen molar-refractivity contribution in [1.29, 1.82) is 0 Å². The van der Waals surface area contributed by atoms with Gasteiger partial charge >= 0.3 is 0 Å². The van der Waals surface area contributed by atoms with Gasteiger partial charge in [-0.25, -0.2) is 0 Å². The highest BCUT2D eigenvalue weighted by atomic mass is 16.5. The monoisotopic (exact) mass is 456 g/mol. The highest BCUT2D eigenvalue weighted by Crippen LogP contribution is 2.36. The Hall–Kier alpha value is -3.93. The van der Waals surface area contributed by atoms with Gasteiger partial charge in [-0.2, -0.15) is 0 Å². The molecule has 0 saturated carbocycles. The molecule has 6 heteroatoms. The van der Waals surface area contributed by atoms with Crippen LogP contribution in [0.15, 0.2) is 72.8 Å². The van der Waals surface area contributed by atoms with Gasteiger partial charge in [0.15, 0.2) is 0 Å². The van der Waals surface area contributed by atoms with Gasteiger partial charge in [0.2, 0.25) is 11.8 Å². The Bertz CT molecular complexity index is 1220. The molecule has 0 aliphatic carbocycles. The number of nitrogens with one attached hydrogen (secondary N) is 2. The number of carbonyl (C=O) groups excluding carboxylic acids is 3. The van der Waals surface area contributed by atoms with Crippen molar-refractivity contribution in [3.8, 4) is 5.75 Å². The van der Waals surface area contributed by atoms with E-state index in [1.54, 1.807) is 30.3 Å². The maximum Gasteiger partial charge on any atom is 0.255 e. The van der Waals surface area contributed by atoms with Gasteiger partial charge in [0.05, 0.1) is 5.41 Å². The second-order valence-electron chi connectivity index (χ2n) is 8.65. The van der Waals surface area contributed by atoms with Crippen LogP contribution in [-0.2, 0) is 21.6 Å². The highest BCUT2D eigenvalue weighted by Gasteiger charge is 2.42. The Balaban J connectivity index is 1.42. The average Bonchev–Trinajstić information content (AvgIpc) is 2.84.